The summed E-state index contributed by atoms with van der Waals surface area (Å²) >= 11 is 6.51. The van der Waals surface area contributed by atoms with Crippen LogP contribution in [0.4, 0.5) is 0 Å². The van der Waals surface area contributed by atoms with Crippen LogP contribution in [0.15, 0.2) is 35.2 Å². The highest BCUT2D eigenvalue weighted by Gasteiger charge is 2.31. The molecule has 1 heterocycles. The molecule has 1 saturated heterocycles. The highest BCUT2D eigenvalue weighted by Crippen LogP contribution is 2.32. The van der Waals surface area contributed by atoms with E-state index >= 15 is 0 Å². The summed E-state index contributed by atoms with van der Waals surface area (Å²) in [6.07, 6.45) is 2.45. The first-order valence-electron chi connectivity index (χ1n) is 7.33. The molecular weight excluding hydrogens is 346 g/mol. The smallest absolute Gasteiger partial charge is 0.266 e. The standard InChI is InChI=1S/C16H17N3O3S2/c1-11(20)17-18-14(21)8-5-9-19-15(22)13(24-16(19)23)10-12-6-3-2-4-7-12/h2-4,6-7,10H,5,8-9H2,1H3,(H,17,20)(H,18,21)/b13-10+. The maximum atomic E-state index is 12.4. The maximum Gasteiger partial charge on any atom is 0.266 e. The van der Waals surface area contributed by atoms with E-state index in [0.717, 1.165) is 5.56 Å². The fourth-order valence-electron chi connectivity index (χ4n) is 2.01. The minimum atomic E-state index is -0.341. The van der Waals surface area contributed by atoms with Crippen LogP contribution in [-0.2, 0) is 14.4 Å². The van der Waals surface area contributed by atoms with Crippen molar-refractivity contribution in [3.05, 3.63) is 40.8 Å². The number of carbonyl (C=O) groups is 3. The van der Waals surface area contributed by atoms with Gasteiger partial charge in [-0.3, -0.25) is 30.1 Å². The molecule has 0 bridgehead atoms. The van der Waals surface area contributed by atoms with E-state index in [0.29, 0.717) is 22.2 Å². The number of hydrazine groups is 1. The first kappa shape index (κ1) is 18.2. The van der Waals surface area contributed by atoms with Crippen molar-refractivity contribution < 1.29 is 14.4 Å². The normalized spacial score (nSPS) is 15.7. The second-order valence-electron chi connectivity index (χ2n) is 5.08. The Bertz CT molecular complexity index is 689. The average molecular weight is 363 g/mol. The maximum absolute atomic E-state index is 12.4. The number of rotatable bonds is 5. The van der Waals surface area contributed by atoms with Gasteiger partial charge in [0.2, 0.25) is 11.8 Å². The molecule has 1 fully saturated rings. The van der Waals surface area contributed by atoms with Gasteiger partial charge >= 0.3 is 0 Å². The summed E-state index contributed by atoms with van der Waals surface area (Å²) in [6.45, 7) is 1.67. The highest BCUT2D eigenvalue weighted by atomic mass is 32.2. The average Bonchev–Trinajstić information content (AvgIpc) is 2.81. The lowest BCUT2D eigenvalue weighted by molar-refractivity contribution is -0.128. The van der Waals surface area contributed by atoms with Crippen molar-refractivity contribution in [1.82, 2.24) is 15.8 Å². The van der Waals surface area contributed by atoms with E-state index in [9.17, 15) is 14.4 Å². The number of hydrogen-bond donors (Lipinski definition) is 2. The Hall–Kier alpha value is -2.19. The molecule has 0 spiro atoms. The number of thiocarbonyl (C=S) groups is 1. The molecule has 3 amide bonds. The van der Waals surface area contributed by atoms with Crippen LogP contribution in [0.2, 0.25) is 0 Å². The lowest BCUT2D eigenvalue weighted by atomic mass is 10.2. The third-order valence-corrected chi connectivity index (χ3v) is 4.51. The summed E-state index contributed by atoms with van der Waals surface area (Å²) < 4.78 is 0.490. The van der Waals surface area contributed by atoms with Crippen molar-refractivity contribution in [2.24, 2.45) is 0 Å². The van der Waals surface area contributed by atoms with E-state index in [1.807, 2.05) is 36.4 Å². The number of carbonyl (C=O) groups excluding carboxylic acids is 3. The summed E-state index contributed by atoms with van der Waals surface area (Å²) in [4.78, 5) is 36.7. The lowest BCUT2D eigenvalue weighted by Crippen LogP contribution is -2.40. The van der Waals surface area contributed by atoms with Crippen LogP contribution in [0.5, 0.6) is 0 Å². The molecule has 0 radical (unpaired) electrons. The quantitative estimate of drug-likeness (QED) is 0.474. The van der Waals surface area contributed by atoms with Gasteiger partial charge < -0.3 is 0 Å². The van der Waals surface area contributed by atoms with E-state index in [1.54, 1.807) is 0 Å². The number of benzene rings is 1. The zero-order valence-electron chi connectivity index (χ0n) is 13.1. The second kappa shape index (κ2) is 8.60. The Kier molecular flexibility index (Phi) is 6.51. The van der Waals surface area contributed by atoms with Crippen molar-refractivity contribution in [3.63, 3.8) is 0 Å². The summed E-state index contributed by atoms with van der Waals surface area (Å²) in [5, 5.41) is 0. The van der Waals surface area contributed by atoms with Crippen molar-refractivity contribution in [1.29, 1.82) is 0 Å². The number of thioether (sulfide) groups is 1. The molecule has 1 aromatic carbocycles. The van der Waals surface area contributed by atoms with Gasteiger partial charge in [0.25, 0.3) is 5.91 Å². The minimum Gasteiger partial charge on any atom is -0.293 e. The number of nitrogens with zero attached hydrogens (tertiary/aromatic N) is 1. The summed E-state index contributed by atoms with van der Waals surface area (Å²) in [7, 11) is 0. The van der Waals surface area contributed by atoms with Crippen molar-refractivity contribution in [3.8, 4) is 0 Å². The monoisotopic (exact) mass is 363 g/mol. The van der Waals surface area contributed by atoms with Crippen molar-refractivity contribution in [2.45, 2.75) is 19.8 Å². The van der Waals surface area contributed by atoms with Crippen LogP contribution in [-0.4, -0.2) is 33.5 Å². The first-order chi connectivity index (χ1) is 11.5. The molecule has 1 aliphatic rings. The third-order valence-electron chi connectivity index (χ3n) is 3.13. The van der Waals surface area contributed by atoms with Gasteiger partial charge in [-0.1, -0.05) is 54.3 Å². The predicted molar refractivity (Wildman–Crippen MR) is 97.5 cm³/mol. The van der Waals surface area contributed by atoms with E-state index in [2.05, 4.69) is 10.9 Å². The van der Waals surface area contributed by atoms with E-state index in [4.69, 9.17) is 12.2 Å². The topological polar surface area (TPSA) is 78.5 Å². The van der Waals surface area contributed by atoms with Gasteiger partial charge in [0.05, 0.1) is 4.91 Å². The molecule has 8 heteroatoms. The predicted octanol–water partition coefficient (Wildman–Crippen LogP) is 1.84. The first-order valence-corrected chi connectivity index (χ1v) is 8.55. The summed E-state index contributed by atoms with van der Waals surface area (Å²) in [5.41, 5.74) is 5.44. The van der Waals surface area contributed by atoms with Crippen LogP contribution < -0.4 is 10.9 Å². The Morgan fingerprint density at radius 2 is 1.96 bits per heavy atom. The molecular formula is C16H17N3O3S2. The molecule has 24 heavy (non-hydrogen) atoms. The molecule has 2 rings (SSSR count). The molecule has 1 aliphatic heterocycles. The zero-order chi connectivity index (χ0) is 17.5. The Morgan fingerprint density at radius 3 is 2.62 bits per heavy atom. The molecule has 0 atom stereocenters. The summed E-state index contributed by atoms with van der Waals surface area (Å²) in [6, 6.07) is 9.55. The Balaban J connectivity index is 1.87. The zero-order valence-corrected chi connectivity index (χ0v) is 14.7. The molecule has 6 nitrogen and oxygen atoms in total. The third kappa shape index (κ3) is 5.17. The Morgan fingerprint density at radius 1 is 1.25 bits per heavy atom. The van der Waals surface area contributed by atoms with Gasteiger partial charge in [0, 0.05) is 19.9 Å². The fraction of sp³-hybridized carbons (Fsp3) is 0.250. The fourth-order valence-corrected chi connectivity index (χ4v) is 3.32. The molecule has 0 aromatic heterocycles. The molecule has 0 saturated carbocycles. The molecule has 0 aliphatic carbocycles. The number of hydrogen-bond acceptors (Lipinski definition) is 5. The molecule has 1 aromatic rings. The lowest BCUT2D eigenvalue weighted by Gasteiger charge is -2.14. The molecule has 0 unspecified atom stereocenters. The number of nitrogens with one attached hydrogen (secondary N) is 2. The summed E-state index contributed by atoms with van der Waals surface area (Å²) in [5.74, 6) is -0.794. The molecule has 126 valence electrons. The van der Waals surface area contributed by atoms with Crippen LogP contribution in [0, 0.1) is 0 Å². The minimum absolute atomic E-state index is 0.142. The molecule has 2 N–H and O–H groups in total. The van der Waals surface area contributed by atoms with Gasteiger partial charge in [-0.2, -0.15) is 0 Å². The van der Waals surface area contributed by atoms with Gasteiger partial charge in [-0.25, -0.2) is 0 Å². The van der Waals surface area contributed by atoms with Crippen LogP contribution in [0.3, 0.4) is 0 Å². The van der Waals surface area contributed by atoms with Gasteiger partial charge in [-0.05, 0) is 18.1 Å². The number of amides is 3. The van der Waals surface area contributed by atoms with Crippen molar-refractivity contribution in [2.75, 3.05) is 6.54 Å². The van der Waals surface area contributed by atoms with E-state index < -0.39 is 0 Å². The SMILES string of the molecule is CC(=O)NNC(=O)CCCN1C(=O)/C(=C\c2ccccc2)SC1=S. The van der Waals surface area contributed by atoms with Crippen molar-refractivity contribution >= 4 is 52.1 Å². The van der Waals surface area contributed by atoms with Crippen LogP contribution >= 0.6 is 24.0 Å². The van der Waals surface area contributed by atoms with Gasteiger partial charge in [0.15, 0.2) is 0 Å². The van der Waals surface area contributed by atoms with E-state index in [-0.39, 0.29) is 24.1 Å². The largest absolute Gasteiger partial charge is 0.293 e. The van der Waals surface area contributed by atoms with E-state index in [1.165, 1.54) is 23.6 Å². The Labute approximate surface area is 149 Å². The van der Waals surface area contributed by atoms with Crippen LogP contribution in [0.1, 0.15) is 25.3 Å². The van der Waals surface area contributed by atoms with Gasteiger partial charge in [-0.15, -0.1) is 0 Å². The second-order valence-corrected chi connectivity index (χ2v) is 6.75. The van der Waals surface area contributed by atoms with Gasteiger partial charge in [0.1, 0.15) is 4.32 Å². The highest BCUT2D eigenvalue weighted by molar-refractivity contribution is 8.26. The van der Waals surface area contributed by atoms with Crippen LogP contribution in [0.25, 0.3) is 6.08 Å².